The Labute approximate surface area is 179 Å². The zero-order chi connectivity index (χ0) is 21.3. The maximum atomic E-state index is 13.5. The van der Waals surface area contributed by atoms with Crippen LogP contribution in [-0.2, 0) is 13.1 Å². The van der Waals surface area contributed by atoms with Gasteiger partial charge in [-0.1, -0.05) is 48.9 Å². The van der Waals surface area contributed by atoms with Crippen molar-refractivity contribution in [2.75, 3.05) is 6.54 Å². The predicted molar refractivity (Wildman–Crippen MR) is 121 cm³/mol. The Balaban J connectivity index is 1.66. The quantitative estimate of drug-likeness (QED) is 0.452. The second-order valence-corrected chi connectivity index (χ2v) is 8.73. The van der Waals surface area contributed by atoms with E-state index in [1.54, 1.807) is 23.5 Å². The minimum atomic E-state index is -0.241. The largest absolute Gasteiger partial charge is 0.309 e. The highest BCUT2D eigenvalue weighted by Crippen LogP contribution is 2.35. The van der Waals surface area contributed by atoms with Gasteiger partial charge < -0.3 is 4.98 Å². The summed E-state index contributed by atoms with van der Waals surface area (Å²) >= 11 is 1.55. The maximum Gasteiger partial charge on any atom is 0.260 e. The van der Waals surface area contributed by atoms with E-state index in [1.165, 1.54) is 11.6 Å². The first kappa shape index (κ1) is 20.4. The first-order chi connectivity index (χ1) is 14.4. The van der Waals surface area contributed by atoms with Crippen molar-refractivity contribution in [3.8, 4) is 11.1 Å². The van der Waals surface area contributed by atoms with Crippen LogP contribution in [0, 0.1) is 19.7 Å². The molecule has 0 unspecified atom stereocenters. The summed E-state index contributed by atoms with van der Waals surface area (Å²) in [5, 5.41) is 0.651. The Kier molecular flexibility index (Phi) is 5.79. The summed E-state index contributed by atoms with van der Waals surface area (Å²) < 4.78 is 13.5. The first-order valence-electron chi connectivity index (χ1n) is 10.0. The number of nitrogens with one attached hydrogen (secondary N) is 1. The third-order valence-electron chi connectivity index (χ3n) is 5.24. The lowest BCUT2D eigenvalue weighted by atomic mass is 10.0. The van der Waals surface area contributed by atoms with Crippen molar-refractivity contribution in [2.45, 2.75) is 33.9 Å². The van der Waals surface area contributed by atoms with Gasteiger partial charge >= 0.3 is 0 Å². The molecular formula is C24H24FN3OS. The molecule has 4 nitrogen and oxygen atoms in total. The van der Waals surface area contributed by atoms with Gasteiger partial charge in [-0.05, 0) is 43.7 Å². The van der Waals surface area contributed by atoms with Crippen molar-refractivity contribution in [3.05, 3.63) is 86.5 Å². The normalized spacial score (nSPS) is 11.5. The number of hydrogen-bond acceptors (Lipinski definition) is 4. The van der Waals surface area contributed by atoms with E-state index >= 15 is 0 Å². The molecule has 0 atom stereocenters. The fourth-order valence-corrected chi connectivity index (χ4v) is 4.76. The SMILES string of the molecule is CCN(Cc1cccc(F)c1)Cc1nc2sc(C)c(-c3ccc(C)cc3)c2c(=O)[nH]1. The van der Waals surface area contributed by atoms with Crippen LogP contribution in [0.3, 0.4) is 0 Å². The van der Waals surface area contributed by atoms with Crippen LogP contribution in [0.25, 0.3) is 21.3 Å². The standard InChI is InChI=1S/C24H24FN3OS/c1-4-28(13-17-6-5-7-19(25)12-17)14-20-26-23(29)22-21(16(3)30-24(22)27-20)18-10-8-15(2)9-11-18/h5-12H,4,13-14H2,1-3H3,(H,26,27,29). The Bertz CT molecular complexity index is 1240. The van der Waals surface area contributed by atoms with Gasteiger partial charge in [-0.25, -0.2) is 9.37 Å². The summed E-state index contributed by atoms with van der Waals surface area (Å²) in [6.07, 6.45) is 0. The molecule has 0 aliphatic carbocycles. The average Bonchev–Trinajstić information content (AvgIpc) is 3.04. The highest BCUT2D eigenvalue weighted by Gasteiger charge is 2.17. The van der Waals surface area contributed by atoms with Crippen molar-refractivity contribution in [1.29, 1.82) is 0 Å². The van der Waals surface area contributed by atoms with Gasteiger partial charge in [0.2, 0.25) is 0 Å². The number of H-pyrrole nitrogens is 1. The lowest BCUT2D eigenvalue weighted by molar-refractivity contribution is 0.264. The molecule has 0 aliphatic rings. The number of aromatic amines is 1. The number of fused-ring (bicyclic) bond motifs is 1. The highest BCUT2D eigenvalue weighted by molar-refractivity contribution is 7.19. The average molecular weight is 422 g/mol. The van der Waals surface area contributed by atoms with Gasteiger partial charge in [0.05, 0.1) is 11.9 Å². The highest BCUT2D eigenvalue weighted by atomic mass is 32.1. The van der Waals surface area contributed by atoms with Gasteiger partial charge in [-0.15, -0.1) is 11.3 Å². The Hall–Kier alpha value is -2.83. The minimum Gasteiger partial charge on any atom is -0.309 e. The van der Waals surface area contributed by atoms with E-state index in [0.717, 1.165) is 32.9 Å². The van der Waals surface area contributed by atoms with Crippen LogP contribution in [0.2, 0.25) is 0 Å². The first-order valence-corrected chi connectivity index (χ1v) is 10.8. The molecule has 0 bridgehead atoms. The van der Waals surface area contributed by atoms with Crippen LogP contribution >= 0.6 is 11.3 Å². The third kappa shape index (κ3) is 4.20. The molecule has 0 fully saturated rings. The van der Waals surface area contributed by atoms with Gasteiger partial charge in [-0.2, -0.15) is 0 Å². The van der Waals surface area contributed by atoms with Crippen LogP contribution in [0.4, 0.5) is 4.39 Å². The molecule has 0 radical (unpaired) electrons. The van der Waals surface area contributed by atoms with Crippen molar-refractivity contribution in [1.82, 2.24) is 14.9 Å². The van der Waals surface area contributed by atoms with E-state index in [1.807, 2.05) is 26.8 Å². The third-order valence-corrected chi connectivity index (χ3v) is 6.24. The number of rotatable bonds is 6. The number of aryl methyl sites for hydroxylation is 2. The predicted octanol–water partition coefficient (Wildman–Crippen LogP) is 5.43. The fraction of sp³-hybridized carbons (Fsp3) is 0.250. The summed E-state index contributed by atoms with van der Waals surface area (Å²) in [7, 11) is 0. The maximum absolute atomic E-state index is 13.5. The molecule has 2 aromatic carbocycles. The van der Waals surface area contributed by atoms with Crippen LogP contribution in [-0.4, -0.2) is 21.4 Å². The zero-order valence-corrected chi connectivity index (χ0v) is 18.1. The lowest BCUT2D eigenvalue weighted by Crippen LogP contribution is -2.25. The monoisotopic (exact) mass is 421 g/mol. The molecule has 30 heavy (non-hydrogen) atoms. The number of benzene rings is 2. The molecule has 4 rings (SSSR count). The molecule has 0 amide bonds. The Morgan fingerprint density at radius 2 is 1.87 bits per heavy atom. The van der Waals surface area contributed by atoms with Crippen LogP contribution < -0.4 is 5.56 Å². The van der Waals surface area contributed by atoms with Crippen molar-refractivity contribution >= 4 is 21.6 Å². The molecule has 0 aliphatic heterocycles. The summed E-state index contributed by atoms with van der Waals surface area (Å²) in [6.45, 7) is 7.97. The summed E-state index contributed by atoms with van der Waals surface area (Å²) in [4.78, 5) is 24.7. The second kappa shape index (κ2) is 8.50. The van der Waals surface area contributed by atoms with Gasteiger partial charge in [0.15, 0.2) is 0 Å². The van der Waals surface area contributed by atoms with Crippen molar-refractivity contribution in [3.63, 3.8) is 0 Å². The second-order valence-electron chi connectivity index (χ2n) is 7.53. The van der Waals surface area contributed by atoms with E-state index in [0.29, 0.717) is 24.3 Å². The number of aromatic nitrogens is 2. The van der Waals surface area contributed by atoms with Crippen LogP contribution in [0.1, 0.15) is 28.8 Å². The smallest absolute Gasteiger partial charge is 0.260 e. The molecule has 0 spiro atoms. The van der Waals surface area contributed by atoms with Crippen molar-refractivity contribution < 1.29 is 4.39 Å². The van der Waals surface area contributed by atoms with E-state index < -0.39 is 0 Å². The summed E-state index contributed by atoms with van der Waals surface area (Å²) in [6, 6.07) is 14.8. The molecule has 2 aromatic heterocycles. The van der Waals surface area contributed by atoms with Crippen LogP contribution in [0.5, 0.6) is 0 Å². The number of thiophene rings is 1. The molecular weight excluding hydrogens is 397 g/mol. The van der Waals surface area contributed by atoms with Gasteiger partial charge in [0, 0.05) is 17.0 Å². The van der Waals surface area contributed by atoms with E-state index in [9.17, 15) is 9.18 Å². The fourth-order valence-electron chi connectivity index (χ4n) is 3.69. The zero-order valence-electron chi connectivity index (χ0n) is 17.3. The number of nitrogens with zero attached hydrogens (tertiary/aromatic N) is 2. The molecule has 154 valence electrons. The topological polar surface area (TPSA) is 49.0 Å². The van der Waals surface area contributed by atoms with Crippen LogP contribution in [0.15, 0.2) is 53.3 Å². The van der Waals surface area contributed by atoms with Gasteiger partial charge in [-0.3, -0.25) is 9.69 Å². The molecule has 0 saturated heterocycles. The Morgan fingerprint density at radius 3 is 2.57 bits per heavy atom. The van der Waals surface area contributed by atoms with Gasteiger partial charge in [0.25, 0.3) is 5.56 Å². The summed E-state index contributed by atoms with van der Waals surface area (Å²) in [5.41, 5.74) is 3.96. The molecule has 6 heteroatoms. The van der Waals surface area contributed by atoms with E-state index in [2.05, 4.69) is 34.1 Å². The number of halogens is 1. The minimum absolute atomic E-state index is 0.114. The van der Waals surface area contributed by atoms with E-state index in [-0.39, 0.29) is 11.4 Å². The molecule has 0 saturated carbocycles. The molecule has 2 heterocycles. The molecule has 1 N–H and O–H groups in total. The van der Waals surface area contributed by atoms with Crippen molar-refractivity contribution in [2.24, 2.45) is 0 Å². The van der Waals surface area contributed by atoms with E-state index in [4.69, 9.17) is 4.98 Å². The summed E-state index contributed by atoms with van der Waals surface area (Å²) in [5.74, 6) is 0.386. The lowest BCUT2D eigenvalue weighted by Gasteiger charge is -2.19. The molecule has 4 aromatic rings. The number of hydrogen-bond donors (Lipinski definition) is 1. The Morgan fingerprint density at radius 1 is 1.10 bits per heavy atom. The van der Waals surface area contributed by atoms with Gasteiger partial charge in [0.1, 0.15) is 16.5 Å².